The van der Waals surface area contributed by atoms with E-state index in [1.165, 1.54) is 11.1 Å². The number of furan rings is 1. The number of aryl methyl sites for hydroxylation is 2. The lowest BCUT2D eigenvalue weighted by Gasteiger charge is -2.25. The molecule has 20 heavy (non-hydrogen) atoms. The summed E-state index contributed by atoms with van der Waals surface area (Å²) in [5.41, 5.74) is 3.58. The van der Waals surface area contributed by atoms with Gasteiger partial charge in [-0.2, -0.15) is 0 Å². The van der Waals surface area contributed by atoms with Crippen molar-refractivity contribution in [2.75, 3.05) is 18.5 Å². The quantitative estimate of drug-likeness (QED) is 0.878. The maximum Gasteiger partial charge on any atom is 0.134 e. The van der Waals surface area contributed by atoms with Gasteiger partial charge in [0.15, 0.2) is 0 Å². The molecule has 0 aliphatic heterocycles. The van der Waals surface area contributed by atoms with E-state index in [1.54, 1.807) is 6.26 Å². The summed E-state index contributed by atoms with van der Waals surface area (Å²) in [6.45, 7) is 8.80. The van der Waals surface area contributed by atoms with Crippen molar-refractivity contribution in [3.8, 4) is 0 Å². The lowest BCUT2D eigenvalue weighted by atomic mass is 10.1. The van der Waals surface area contributed by atoms with Crippen molar-refractivity contribution in [2.24, 2.45) is 0 Å². The number of hydrogen-bond donors (Lipinski definition) is 1. The summed E-state index contributed by atoms with van der Waals surface area (Å²) in [4.78, 5) is 7.00. The van der Waals surface area contributed by atoms with E-state index in [2.05, 4.69) is 30.1 Å². The fraction of sp³-hybridized carbons (Fsp3) is 0.438. The first-order chi connectivity index (χ1) is 9.65. The molecule has 0 saturated heterocycles. The Kier molecular flexibility index (Phi) is 4.79. The Morgan fingerprint density at radius 2 is 2.15 bits per heavy atom. The smallest absolute Gasteiger partial charge is 0.134 e. The standard InChI is InChI=1S/C16H23N3O/c1-5-19(11-14-7-6-8-20-14)16-15(10-17-4)12(2)9-13(3)18-16/h6-9,17H,5,10-11H2,1-4H3. The lowest BCUT2D eigenvalue weighted by molar-refractivity contribution is 0.502. The molecule has 0 amide bonds. The van der Waals surface area contributed by atoms with Crippen LogP contribution in [-0.4, -0.2) is 18.6 Å². The second-order valence-electron chi connectivity index (χ2n) is 5.01. The molecule has 2 aromatic rings. The molecule has 1 N–H and O–H groups in total. The molecule has 2 heterocycles. The molecule has 0 aromatic carbocycles. The van der Waals surface area contributed by atoms with E-state index in [4.69, 9.17) is 9.40 Å². The minimum atomic E-state index is 0.746. The van der Waals surface area contributed by atoms with Gasteiger partial charge < -0.3 is 14.6 Å². The van der Waals surface area contributed by atoms with Crippen LogP contribution in [0.4, 0.5) is 5.82 Å². The molecule has 0 aliphatic carbocycles. The van der Waals surface area contributed by atoms with Crippen LogP contribution in [0.15, 0.2) is 28.9 Å². The van der Waals surface area contributed by atoms with Crippen LogP contribution in [0.1, 0.15) is 29.5 Å². The van der Waals surface area contributed by atoms with Crippen molar-refractivity contribution in [2.45, 2.75) is 33.9 Å². The summed E-state index contributed by atoms with van der Waals surface area (Å²) in [5.74, 6) is 2.01. The summed E-state index contributed by atoms with van der Waals surface area (Å²) in [6.07, 6.45) is 1.71. The molecule has 4 heteroatoms. The fourth-order valence-electron chi connectivity index (χ4n) is 2.43. The van der Waals surface area contributed by atoms with Crippen molar-refractivity contribution in [1.29, 1.82) is 0 Å². The van der Waals surface area contributed by atoms with E-state index in [0.29, 0.717) is 0 Å². The lowest BCUT2D eigenvalue weighted by Crippen LogP contribution is -2.26. The van der Waals surface area contributed by atoms with Gasteiger partial charge in [0, 0.05) is 24.3 Å². The van der Waals surface area contributed by atoms with E-state index in [1.807, 2.05) is 26.1 Å². The number of nitrogens with zero attached hydrogens (tertiary/aromatic N) is 2. The second-order valence-corrected chi connectivity index (χ2v) is 5.01. The van der Waals surface area contributed by atoms with Crippen LogP contribution in [0, 0.1) is 13.8 Å². The first-order valence-electron chi connectivity index (χ1n) is 7.04. The summed E-state index contributed by atoms with van der Waals surface area (Å²) in [5, 5.41) is 3.23. The van der Waals surface area contributed by atoms with E-state index in [-0.39, 0.29) is 0 Å². The highest BCUT2D eigenvalue weighted by molar-refractivity contribution is 5.51. The number of nitrogens with one attached hydrogen (secondary N) is 1. The fourth-order valence-corrected chi connectivity index (χ4v) is 2.43. The van der Waals surface area contributed by atoms with Gasteiger partial charge >= 0.3 is 0 Å². The maximum absolute atomic E-state index is 5.46. The maximum atomic E-state index is 5.46. The molecule has 0 spiro atoms. The molecule has 0 fully saturated rings. The van der Waals surface area contributed by atoms with Gasteiger partial charge in [-0.1, -0.05) is 0 Å². The highest BCUT2D eigenvalue weighted by Gasteiger charge is 2.15. The summed E-state index contributed by atoms with van der Waals surface area (Å²) >= 11 is 0. The average molecular weight is 273 g/mol. The monoisotopic (exact) mass is 273 g/mol. The summed E-state index contributed by atoms with van der Waals surface area (Å²) in [6, 6.07) is 6.06. The minimum Gasteiger partial charge on any atom is -0.467 e. The molecule has 108 valence electrons. The Morgan fingerprint density at radius 1 is 1.35 bits per heavy atom. The van der Waals surface area contributed by atoms with Crippen LogP contribution < -0.4 is 10.2 Å². The van der Waals surface area contributed by atoms with Crippen molar-refractivity contribution in [1.82, 2.24) is 10.3 Å². The van der Waals surface area contributed by atoms with E-state index in [9.17, 15) is 0 Å². The molecule has 2 rings (SSSR count). The molecular formula is C16H23N3O. The Morgan fingerprint density at radius 3 is 2.75 bits per heavy atom. The first kappa shape index (κ1) is 14.6. The zero-order chi connectivity index (χ0) is 14.5. The van der Waals surface area contributed by atoms with Gasteiger partial charge in [0.25, 0.3) is 0 Å². The van der Waals surface area contributed by atoms with Gasteiger partial charge in [-0.05, 0) is 51.6 Å². The van der Waals surface area contributed by atoms with Gasteiger partial charge in [0.2, 0.25) is 0 Å². The number of rotatable bonds is 6. The zero-order valence-electron chi connectivity index (χ0n) is 12.7. The predicted molar refractivity (Wildman–Crippen MR) is 81.9 cm³/mol. The molecular weight excluding hydrogens is 250 g/mol. The third-order valence-corrected chi connectivity index (χ3v) is 3.42. The Bertz CT molecular complexity index is 549. The van der Waals surface area contributed by atoms with Crippen LogP contribution in [0.25, 0.3) is 0 Å². The molecule has 4 nitrogen and oxygen atoms in total. The Labute approximate surface area is 120 Å². The first-order valence-corrected chi connectivity index (χ1v) is 7.04. The van der Waals surface area contributed by atoms with Crippen LogP contribution in [-0.2, 0) is 13.1 Å². The third-order valence-electron chi connectivity index (χ3n) is 3.42. The topological polar surface area (TPSA) is 41.3 Å². The van der Waals surface area contributed by atoms with Gasteiger partial charge in [-0.15, -0.1) is 0 Å². The van der Waals surface area contributed by atoms with Crippen molar-refractivity contribution < 1.29 is 4.42 Å². The van der Waals surface area contributed by atoms with Crippen LogP contribution >= 0.6 is 0 Å². The number of aromatic nitrogens is 1. The van der Waals surface area contributed by atoms with Crippen LogP contribution in [0.2, 0.25) is 0 Å². The van der Waals surface area contributed by atoms with Crippen molar-refractivity contribution >= 4 is 5.82 Å². The zero-order valence-corrected chi connectivity index (χ0v) is 12.7. The molecule has 2 aromatic heterocycles. The van der Waals surface area contributed by atoms with Gasteiger partial charge in [-0.3, -0.25) is 0 Å². The highest BCUT2D eigenvalue weighted by atomic mass is 16.3. The Hall–Kier alpha value is -1.81. The normalized spacial score (nSPS) is 10.8. The number of anilines is 1. The number of hydrogen-bond acceptors (Lipinski definition) is 4. The average Bonchev–Trinajstić information content (AvgIpc) is 2.92. The van der Waals surface area contributed by atoms with Crippen molar-refractivity contribution in [3.05, 3.63) is 47.0 Å². The van der Waals surface area contributed by atoms with Gasteiger partial charge in [0.05, 0.1) is 12.8 Å². The minimum absolute atomic E-state index is 0.746. The Balaban J connectivity index is 2.36. The molecule has 0 bridgehead atoms. The SMILES string of the molecule is CCN(Cc1ccco1)c1nc(C)cc(C)c1CNC. The second kappa shape index (κ2) is 6.57. The van der Waals surface area contributed by atoms with E-state index >= 15 is 0 Å². The highest BCUT2D eigenvalue weighted by Crippen LogP contribution is 2.24. The van der Waals surface area contributed by atoms with Crippen LogP contribution in [0.3, 0.4) is 0 Å². The summed E-state index contributed by atoms with van der Waals surface area (Å²) in [7, 11) is 1.96. The molecule has 0 unspecified atom stereocenters. The molecule has 0 atom stereocenters. The van der Waals surface area contributed by atoms with Crippen LogP contribution in [0.5, 0.6) is 0 Å². The largest absolute Gasteiger partial charge is 0.467 e. The van der Waals surface area contributed by atoms with Crippen molar-refractivity contribution in [3.63, 3.8) is 0 Å². The van der Waals surface area contributed by atoms with Gasteiger partial charge in [-0.25, -0.2) is 4.98 Å². The predicted octanol–water partition coefficient (Wildman–Crippen LogP) is 3.04. The van der Waals surface area contributed by atoms with E-state index < -0.39 is 0 Å². The van der Waals surface area contributed by atoms with E-state index in [0.717, 1.165) is 36.9 Å². The third kappa shape index (κ3) is 3.20. The molecule has 0 radical (unpaired) electrons. The molecule has 0 saturated carbocycles. The van der Waals surface area contributed by atoms with Gasteiger partial charge in [0.1, 0.15) is 11.6 Å². The molecule has 0 aliphatic rings. The number of pyridine rings is 1. The summed E-state index contributed by atoms with van der Waals surface area (Å²) < 4.78 is 5.46.